The number of anilines is 1. The van der Waals surface area contributed by atoms with Gasteiger partial charge in [-0.05, 0) is 42.5 Å². The van der Waals surface area contributed by atoms with Gasteiger partial charge < -0.3 is 9.52 Å². The standard InChI is InChI=1S/C22H12F3N3O6/c23-22(24,25)19-17(20(29)27(26-19)14-6-4-12(5-7-14)21(30)31)11-16-8-9-18(34-16)13-2-1-3-15(10-13)28(32)33/h1-11H,(H,30,31)/b17-11+. The number of hydrazone groups is 1. The van der Waals surface area contributed by atoms with Gasteiger partial charge in [0.05, 0.1) is 21.7 Å². The molecule has 1 amide bonds. The number of carboxylic acid groups (broad SMARTS) is 1. The van der Waals surface area contributed by atoms with Crippen molar-refractivity contribution in [2.75, 3.05) is 5.01 Å². The van der Waals surface area contributed by atoms with E-state index in [2.05, 4.69) is 5.10 Å². The average molecular weight is 471 g/mol. The summed E-state index contributed by atoms with van der Waals surface area (Å²) in [7, 11) is 0. The third-order valence-corrected chi connectivity index (χ3v) is 4.76. The molecular formula is C22H12F3N3O6. The number of aromatic carboxylic acids is 1. The monoisotopic (exact) mass is 471 g/mol. The van der Waals surface area contributed by atoms with Crippen LogP contribution < -0.4 is 5.01 Å². The van der Waals surface area contributed by atoms with Crippen LogP contribution in [-0.4, -0.2) is 33.8 Å². The highest BCUT2D eigenvalue weighted by atomic mass is 19.4. The number of nitro benzene ring substituents is 1. The third-order valence-electron chi connectivity index (χ3n) is 4.76. The Balaban J connectivity index is 1.69. The van der Waals surface area contributed by atoms with Crippen molar-refractivity contribution in [2.45, 2.75) is 6.18 Å². The summed E-state index contributed by atoms with van der Waals surface area (Å²) in [5.41, 5.74) is -2.28. The van der Waals surface area contributed by atoms with Crippen molar-refractivity contribution >= 4 is 35.0 Å². The molecule has 0 atom stereocenters. The van der Waals surface area contributed by atoms with Crippen molar-refractivity contribution < 1.29 is 37.2 Å². The van der Waals surface area contributed by atoms with Crippen LogP contribution in [0.5, 0.6) is 0 Å². The van der Waals surface area contributed by atoms with Gasteiger partial charge in [0.25, 0.3) is 11.6 Å². The Hall–Kier alpha value is -4.74. The Morgan fingerprint density at radius 2 is 1.82 bits per heavy atom. The number of amides is 1. The van der Waals surface area contributed by atoms with E-state index in [4.69, 9.17) is 9.52 Å². The number of carboxylic acids is 1. The summed E-state index contributed by atoms with van der Waals surface area (Å²) in [6.45, 7) is 0. The van der Waals surface area contributed by atoms with Crippen molar-refractivity contribution in [1.82, 2.24) is 0 Å². The minimum Gasteiger partial charge on any atom is -0.478 e. The molecule has 0 unspecified atom stereocenters. The van der Waals surface area contributed by atoms with E-state index < -0.39 is 34.3 Å². The Labute approximate surface area is 188 Å². The first kappa shape index (κ1) is 22.5. The molecule has 1 aliphatic rings. The smallest absolute Gasteiger partial charge is 0.435 e. The predicted octanol–water partition coefficient (Wildman–Crippen LogP) is 4.90. The van der Waals surface area contributed by atoms with E-state index in [9.17, 15) is 32.9 Å². The van der Waals surface area contributed by atoms with Crippen LogP contribution in [0.1, 0.15) is 16.1 Å². The molecule has 2 aromatic carbocycles. The van der Waals surface area contributed by atoms with Gasteiger partial charge in [0.15, 0.2) is 5.71 Å². The van der Waals surface area contributed by atoms with Crippen LogP contribution in [-0.2, 0) is 4.79 Å². The van der Waals surface area contributed by atoms with E-state index in [1.54, 1.807) is 0 Å². The fourth-order valence-corrected chi connectivity index (χ4v) is 3.17. The Bertz CT molecular complexity index is 1370. The second-order valence-electron chi connectivity index (χ2n) is 6.98. The maximum Gasteiger partial charge on any atom is 0.435 e. The molecule has 0 bridgehead atoms. The molecule has 1 aliphatic heterocycles. The van der Waals surface area contributed by atoms with Crippen LogP contribution in [0.25, 0.3) is 17.4 Å². The average Bonchev–Trinajstić information content (AvgIpc) is 3.39. The van der Waals surface area contributed by atoms with E-state index in [0.717, 1.165) is 30.3 Å². The van der Waals surface area contributed by atoms with Crippen LogP contribution in [0.4, 0.5) is 24.5 Å². The van der Waals surface area contributed by atoms with Crippen LogP contribution in [0.15, 0.2) is 75.8 Å². The maximum atomic E-state index is 13.6. The number of nitro groups is 1. The minimum absolute atomic E-state index is 0.0584. The quantitative estimate of drug-likeness (QED) is 0.320. The van der Waals surface area contributed by atoms with Gasteiger partial charge in [0.1, 0.15) is 11.5 Å². The molecule has 0 radical (unpaired) electrons. The molecular weight excluding hydrogens is 459 g/mol. The van der Waals surface area contributed by atoms with Gasteiger partial charge in [-0.2, -0.15) is 23.3 Å². The normalized spacial score (nSPS) is 15.0. The highest BCUT2D eigenvalue weighted by Gasteiger charge is 2.47. The molecule has 0 aliphatic carbocycles. The van der Waals surface area contributed by atoms with E-state index in [1.165, 1.54) is 36.4 Å². The van der Waals surface area contributed by atoms with Gasteiger partial charge in [-0.1, -0.05) is 12.1 Å². The fraction of sp³-hybridized carbons (Fsp3) is 0.0455. The number of hydrogen-bond acceptors (Lipinski definition) is 6. The van der Waals surface area contributed by atoms with Gasteiger partial charge in [-0.3, -0.25) is 14.9 Å². The molecule has 0 saturated carbocycles. The Morgan fingerprint density at radius 1 is 1.12 bits per heavy atom. The lowest BCUT2D eigenvalue weighted by Gasteiger charge is -2.11. The molecule has 0 saturated heterocycles. The molecule has 1 N–H and O–H groups in total. The molecule has 12 heteroatoms. The highest BCUT2D eigenvalue weighted by molar-refractivity contribution is 6.34. The van der Waals surface area contributed by atoms with Crippen LogP contribution >= 0.6 is 0 Å². The number of carbonyl (C=O) groups excluding carboxylic acids is 1. The number of non-ortho nitro benzene ring substituents is 1. The van der Waals surface area contributed by atoms with Crippen LogP contribution in [0.2, 0.25) is 0 Å². The van der Waals surface area contributed by atoms with Crippen molar-refractivity contribution in [2.24, 2.45) is 5.10 Å². The second-order valence-corrected chi connectivity index (χ2v) is 6.98. The molecule has 4 rings (SSSR count). The number of carbonyl (C=O) groups is 2. The van der Waals surface area contributed by atoms with Gasteiger partial charge in [0.2, 0.25) is 0 Å². The van der Waals surface area contributed by atoms with Crippen molar-refractivity contribution in [3.63, 3.8) is 0 Å². The van der Waals surface area contributed by atoms with Gasteiger partial charge in [0, 0.05) is 17.7 Å². The number of nitrogens with zero attached hydrogens (tertiary/aromatic N) is 3. The zero-order chi connectivity index (χ0) is 24.6. The molecule has 2 heterocycles. The maximum absolute atomic E-state index is 13.6. The summed E-state index contributed by atoms with van der Waals surface area (Å²) in [5.74, 6) is -2.29. The Morgan fingerprint density at radius 3 is 2.44 bits per heavy atom. The summed E-state index contributed by atoms with van der Waals surface area (Å²) in [5, 5.41) is 23.8. The second kappa shape index (κ2) is 8.31. The molecule has 0 spiro atoms. The Kier molecular flexibility index (Phi) is 5.49. The summed E-state index contributed by atoms with van der Waals surface area (Å²) in [6, 6.07) is 12.8. The lowest BCUT2D eigenvalue weighted by molar-refractivity contribution is -0.384. The summed E-state index contributed by atoms with van der Waals surface area (Å²) in [6.07, 6.45) is -4.09. The number of benzene rings is 2. The number of hydrogen-bond donors (Lipinski definition) is 1. The van der Waals surface area contributed by atoms with Gasteiger partial charge >= 0.3 is 12.1 Å². The zero-order valence-electron chi connectivity index (χ0n) is 16.8. The highest BCUT2D eigenvalue weighted by Crippen LogP contribution is 2.34. The number of alkyl halides is 3. The molecule has 3 aromatic rings. The number of halogens is 3. The first-order valence-corrected chi connectivity index (χ1v) is 9.45. The first-order valence-electron chi connectivity index (χ1n) is 9.45. The van der Waals surface area contributed by atoms with Gasteiger partial charge in [-0.25, -0.2) is 4.79 Å². The molecule has 0 fully saturated rings. The molecule has 9 nitrogen and oxygen atoms in total. The largest absolute Gasteiger partial charge is 0.478 e. The first-order chi connectivity index (χ1) is 16.0. The summed E-state index contributed by atoms with van der Waals surface area (Å²) in [4.78, 5) is 34.1. The summed E-state index contributed by atoms with van der Waals surface area (Å²) < 4.78 is 46.3. The third kappa shape index (κ3) is 4.28. The van der Waals surface area contributed by atoms with E-state index in [-0.39, 0.29) is 28.5 Å². The zero-order valence-corrected chi connectivity index (χ0v) is 16.8. The number of rotatable bonds is 5. The topological polar surface area (TPSA) is 126 Å². The molecule has 34 heavy (non-hydrogen) atoms. The lowest BCUT2D eigenvalue weighted by atomic mass is 10.1. The van der Waals surface area contributed by atoms with Crippen LogP contribution in [0, 0.1) is 10.1 Å². The summed E-state index contributed by atoms with van der Waals surface area (Å²) >= 11 is 0. The lowest BCUT2D eigenvalue weighted by Crippen LogP contribution is -2.25. The van der Waals surface area contributed by atoms with E-state index in [0.29, 0.717) is 10.6 Å². The van der Waals surface area contributed by atoms with Crippen molar-refractivity contribution in [3.8, 4) is 11.3 Å². The van der Waals surface area contributed by atoms with E-state index in [1.807, 2.05) is 0 Å². The van der Waals surface area contributed by atoms with Gasteiger partial charge in [-0.15, -0.1) is 0 Å². The van der Waals surface area contributed by atoms with Crippen LogP contribution in [0.3, 0.4) is 0 Å². The number of furan rings is 1. The SMILES string of the molecule is O=C(O)c1ccc(N2N=C(C(F)(F)F)/C(=C\c3ccc(-c4cccc([N+](=O)[O-])c4)o3)C2=O)cc1. The minimum atomic E-state index is -4.97. The molecule has 1 aromatic heterocycles. The van der Waals surface area contributed by atoms with E-state index >= 15 is 0 Å². The fourth-order valence-electron chi connectivity index (χ4n) is 3.17. The van der Waals surface area contributed by atoms with Crippen molar-refractivity contribution in [3.05, 3.63) is 87.7 Å². The van der Waals surface area contributed by atoms with Crippen molar-refractivity contribution in [1.29, 1.82) is 0 Å². The molecule has 172 valence electrons. The predicted molar refractivity (Wildman–Crippen MR) is 113 cm³/mol.